The number of allylic oxidation sites excluding steroid dienone is 3. The minimum absolute atomic E-state index is 0.0162. The predicted molar refractivity (Wildman–Crippen MR) is 160 cm³/mol. The first-order chi connectivity index (χ1) is 19.6. The Bertz CT molecular complexity index is 1620. The fourth-order valence-electron chi connectivity index (χ4n) is 8.03. The summed E-state index contributed by atoms with van der Waals surface area (Å²) in [6.45, 7) is 10.3. The highest BCUT2D eigenvalue weighted by Crippen LogP contribution is 2.65. The molecule has 0 spiro atoms. The number of rotatable bonds is 5. The number of phenolic OH excluding ortho intramolecular Hbond substituents is 1. The molecule has 3 aliphatic carbocycles. The number of phenols is 1. The maximum absolute atomic E-state index is 14.2. The summed E-state index contributed by atoms with van der Waals surface area (Å²) in [5.41, 5.74) is -2.58. The average Bonchev–Trinajstić information content (AvgIpc) is 2.89. The van der Waals surface area contributed by atoms with Crippen LogP contribution in [0.25, 0.3) is 17.2 Å². The molecule has 0 amide bonds. The topological polar surface area (TPSA) is 132 Å². The number of aliphatic hydroxyl groups is 3. The number of hydrogen-bond donors (Lipinski definition) is 4. The van der Waals surface area contributed by atoms with Gasteiger partial charge in [-0.1, -0.05) is 77.1 Å². The first kappa shape index (κ1) is 29.5. The molecule has 220 valence electrons. The molecular formula is C35H38O7. The minimum atomic E-state index is -2.62. The van der Waals surface area contributed by atoms with E-state index < -0.39 is 56.8 Å². The molecule has 5 rings (SSSR count). The van der Waals surface area contributed by atoms with Gasteiger partial charge >= 0.3 is 0 Å². The van der Waals surface area contributed by atoms with Gasteiger partial charge in [0.25, 0.3) is 0 Å². The van der Waals surface area contributed by atoms with Crippen LogP contribution in [0, 0.1) is 22.7 Å². The summed E-state index contributed by atoms with van der Waals surface area (Å²) >= 11 is 0. The Labute approximate surface area is 245 Å². The molecule has 0 aliphatic heterocycles. The third-order valence-corrected chi connectivity index (χ3v) is 9.66. The summed E-state index contributed by atoms with van der Waals surface area (Å²) in [4.78, 5) is 40.6. The second kappa shape index (κ2) is 9.80. The van der Waals surface area contributed by atoms with E-state index in [0.717, 1.165) is 30.0 Å². The molecule has 0 saturated carbocycles. The molecule has 3 aliphatic rings. The Balaban J connectivity index is 1.75. The first-order valence-electron chi connectivity index (χ1n) is 14.5. The molecule has 0 radical (unpaired) electrons. The molecule has 2 aromatic carbocycles. The van der Waals surface area contributed by atoms with Crippen LogP contribution in [0.1, 0.15) is 75.9 Å². The summed E-state index contributed by atoms with van der Waals surface area (Å²) in [5.74, 6) is -5.18. The summed E-state index contributed by atoms with van der Waals surface area (Å²) in [5, 5.41) is 46.2. The molecule has 4 N–H and O–H groups in total. The van der Waals surface area contributed by atoms with Gasteiger partial charge in [-0.05, 0) is 60.4 Å². The van der Waals surface area contributed by atoms with Gasteiger partial charge in [0.2, 0.25) is 5.78 Å². The second-order valence-electron chi connectivity index (χ2n) is 12.9. The number of aromatic hydroxyl groups is 1. The third kappa shape index (κ3) is 3.86. The number of carbonyl (C=O) groups is 3. The van der Waals surface area contributed by atoms with Crippen molar-refractivity contribution < 1.29 is 34.8 Å². The van der Waals surface area contributed by atoms with Crippen molar-refractivity contribution in [2.75, 3.05) is 0 Å². The van der Waals surface area contributed by atoms with Gasteiger partial charge in [0, 0.05) is 22.3 Å². The molecule has 2 aromatic rings. The van der Waals surface area contributed by atoms with Crippen molar-refractivity contribution >= 4 is 23.4 Å². The maximum atomic E-state index is 14.2. The van der Waals surface area contributed by atoms with Crippen molar-refractivity contribution in [3.05, 3.63) is 81.8 Å². The zero-order valence-corrected chi connectivity index (χ0v) is 24.9. The molecular weight excluding hydrogens is 532 g/mol. The smallest absolute Gasteiger partial charge is 0.209 e. The van der Waals surface area contributed by atoms with Gasteiger partial charge in [-0.2, -0.15) is 0 Å². The standard InChI is InChI=1S/C35H38O7/c1-7-8-9-20-10-12-21(13-11-20)22-14-15-24(37)26-23(22)16-33(5)17-34(6)27(18(2)3)29(38)25(19(4)36)31(40)35(34,42)32(41)28(33)30(26)39/h8-15,18,27,37-38,41-42H,7,16-17H2,1-6H3/b9-8-/t27?,33-,34-,35+/m1/s1. The Hall–Kier alpha value is -3.97. The number of ketones is 3. The van der Waals surface area contributed by atoms with Gasteiger partial charge in [-0.15, -0.1) is 0 Å². The zero-order chi connectivity index (χ0) is 30.9. The van der Waals surface area contributed by atoms with Crippen LogP contribution in [0.3, 0.4) is 0 Å². The van der Waals surface area contributed by atoms with Gasteiger partial charge in [0.15, 0.2) is 17.2 Å². The van der Waals surface area contributed by atoms with Gasteiger partial charge in [0.05, 0.1) is 5.56 Å². The third-order valence-electron chi connectivity index (χ3n) is 9.66. The number of fused-ring (bicyclic) bond motifs is 3. The molecule has 42 heavy (non-hydrogen) atoms. The molecule has 0 heterocycles. The SMILES string of the molecule is CC/C=C\c1ccc(-c2ccc(O)c3c2C[C@]2(C)C[C@]4(C)C(C(C)C)C(O)=C(C(C)=O)C(=O)[C@]4(O)C(O)=C2C3=O)cc1. The summed E-state index contributed by atoms with van der Waals surface area (Å²) in [6.07, 6.45) is 5.29. The molecule has 0 fully saturated rings. The highest BCUT2D eigenvalue weighted by atomic mass is 16.3. The van der Waals surface area contributed by atoms with Crippen molar-refractivity contribution in [1.29, 1.82) is 0 Å². The fourth-order valence-corrected chi connectivity index (χ4v) is 8.03. The monoisotopic (exact) mass is 570 g/mol. The van der Waals surface area contributed by atoms with Gasteiger partial charge in [0.1, 0.15) is 22.8 Å². The number of carbonyl (C=O) groups excluding carboxylic acids is 3. The lowest BCUT2D eigenvalue weighted by Gasteiger charge is -2.59. The molecule has 0 bridgehead atoms. The van der Waals surface area contributed by atoms with Gasteiger partial charge in [-0.3, -0.25) is 14.4 Å². The summed E-state index contributed by atoms with van der Waals surface area (Å²) < 4.78 is 0. The van der Waals surface area contributed by atoms with Crippen molar-refractivity contribution in [3.8, 4) is 16.9 Å². The van der Waals surface area contributed by atoms with Crippen LogP contribution in [0.15, 0.2) is 65.1 Å². The molecule has 0 aromatic heterocycles. The van der Waals surface area contributed by atoms with Crippen LogP contribution in [0.4, 0.5) is 0 Å². The van der Waals surface area contributed by atoms with Crippen LogP contribution in [0.2, 0.25) is 0 Å². The highest BCUT2D eigenvalue weighted by Gasteiger charge is 2.71. The lowest BCUT2D eigenvalue weighted by molar-refractivity contribution is -0.171. The van der Waals surface area contributed by atoms with Crippen molar-refractivity contribution in [2.45, 2.75) is 66.4 Å². The van der Waals surface area contributed by atoms with Crippen molar-refractivity contribution in [1.82, 2.24) is 0 Å². The van der Waals surface area contributed by atoms with E-state index >= 15 is 0 Å². The van der Waals surface area contributed by atoms with Crippen molar-refractivity contribution in [2.24, 2.45) is 22.7 Å². The van der Waals surface area contributed by atoms with E-state index in [4.69, 9.17) is 0 Å². The van der Waals surface area contributed by atoms with Crippen LogP contribution >= 0.6 is 0 Å². The van der Waals surface area contributed by atoms with E-state index in [2.05, 4.69) is 13.0 Å². The quantitative estimate of drug-likeness (QED) is 0.304. The molecule has 7 nitrogen and oxygen atoms in total. The highest BCUT2D eigenvalue weighted by molar-refractivity contribution is 6.25. The number of benzene rings is 2. The van der Waals surface area contributed by atoms with Crippen LogP contribution < -0.4 is 0 Å². The van der Waals surface area contributed by atoms with E-state index in [1.165, 1.54) is 6.07 Å². The Morgan fingerprint density at radius 3 is 2.26 bits per heavy atom. The van der Waals surface area contributed by atoms with E-state index in [0.29, 0.717) is 5.56 Å². The largest absolute Gasteiger partial charge is 0.511 e. The number of Topliss-reactive ketones (excluding diaryl/α,β-unsaturated/α-hetero) is 3. The lowest BCUT2D eigenvalue weighted by atomic mass is 9.44. The maximum Gasteiger partial charge on any atom is 0.209 e. The molecule has 0 saturated heterocycles. The minimum Gasteiger partial charge on any atom is -0.511 e. The van der Waals surface area contributed by atoms with Crippen LogP contribution in [0.5, 0.6) is 5.75 Å². The van der Waals surface area contributed by atoms with E-state index in [-0.39, 0.29) is 35.6 Å². The van der Waals surface area contributed by atoms with Crippen molar-refractivity contribution in [3.63, 3.8) is 0 Å². The molecule has 4 atom stereocenters. The van der Waals surface area contributed by atoms with Gasteiger partial charge in [-0.25, -0.2) is 0 Å². The summed E-state index contributed by atoms with van der Waals surface area (Å²) in [7, 11) is 0. The number of hydrogen-bond acceptors (Lipinski definition) is 7. The Kier molecular flexibility index (Phi) is 6.89. The van der Waals surface area contributed by atoms with Crippen LogP contribution in [-0.2, 0) is 16.0 Å². The Morgan fingerprint density at radius 2 is 1.69 bits per heavy atom. The van der Waals surface area contributed by atoms with Crippen LogP contribution in [-0.4, -0.2) is 43.4 Å². The summed E-state index contributed by atoms with van der Waals surface area (Å²) in [6, 6.07) is 11.1. The van der Waals surface area contributed by atoms with Gasteiger partial charge < -0.3 is 20.4 Å². The van der Waals surface area contributed by atoms with E-state index in [9.17, 15) is 34.8 Å². The lowest BCUT2D eigenvalue weighted by Crippen LogP contribution is -2.67. The average molecular weight is 571 g/mol. The predicted octanol–water partition coefficient (Wildman–Crippen LogP) is 6.44. The second-order valence-corrected chi connectivity index (χ2v) is 12.9. The number of aliphatic hydroxyl groups excluding tert-OH is 2. The zero-order valence-electron chi connectivity index (χ0n) is 24.9. The molecule has 1 unspecified atom stereocenters. The van der Waals surface area contributed by atoms with E-state index in [1.807, 2.05) is 44.2 Å². The van der Waals surface area contributed by atoms with E-state index in [1.54, 1.807) is 19.9 Å². The molecule has 7 heteroatoms. The normalized spacial score (nSPS) is 29.2. The Morgan fingerprint density at radius 1 is 1.05 bits per heavy atom. The first-order valence-corrected chi connectivity index (χ1v) is 14.5. The fraction of sp³-hybridized carbons (Fsp3) is 0.400.